The maximum Gasteiger partial charge on any atom is 0.573 e. The van der Waals surface area contributed by atoms with Crippen molar-refractivity contribution in [3.63, 3.8) is 0 Å². The number of ether oxygens (including phenoxy) is 2. The fourth-order valence-corrected chi connectivity index (χ4v) is 1.60. The molecular formula is C11H8BrF3O3. The topological polar surface area (TPSA) is 35.5 Å². The maximum atomic E-state index is 12.0. The average Bonchev–Trinajstić information content (AvgIpc) is 2.22. The number of alkyl halides is 3. The van der Waals surface area contributed by atoms with E-state index in [9.17, 15) is 18.0 Å². The zero-order valence-electron chi connectivity index (χ0n) is 9.12. The Balaban J connectivity index is 2.94. The summed E-state index contributed by atoms with van der Waals surface area (Å²) >= 11 is 3.05. The van der Waals surface area contributed by atoms with Crippen LogP contribution in [0.5, 0.6) is 5.75 Å². The molecule has 0 fully saturated rings. The molecule has 0 saturated carbocycles. The van der Waals surface area contributed by atoms with Crippen LogP contribution >= 0.6 is 15.9 Å². The number of benzene rings is 1. The second-order valence-corrected chi connectivity index (χ2v) is 4.04. The van der Waals surface area contributed by atoms with Gasteiger partial charge < -0.3 is 9.47 Å². The van der Waals surface area contributed by atoms with Crippen LogP contribution in [0.15, 0.2) is 28.7 Å². The van der Waals surface area contributed by atoms with Crippen molar-refractivity contribution in [3.8, 4) is 5.75 Å². The lowest BCUT2D eigenvalue weighted by molar-refractivity contribution is -0.274. The van der Waals surface area contributed by atoms with Gasteiger partial charge in [-0.25, -0.2) is 4.79 Å². The fraction of sp³-hybridized carbons (Fsp3) is 0.182. The third-order valence-electron chi connectivity index (χ3n) is 1.74. The molecule has 3 nitrogen and oxygen atoms in total. The second kappa shape index (κ2) is 5.90. The Bertz CT molecular complexity index is 469. The summed E-state index contributed by atoms with van der Waals surface area (Å²) in [6.45, 7) is 0. The highest BCUT2D eigenvalue weighted by atomic mass is 79.9. The van der Waals surface area contributed by atoms with Crippen LogP contribution in [0.4, 0.5) is 13.2 Å². The molecule has 0 N–H and O–H groups in total. The zero-order valence-corrected chi connectivity index (χ0v) is 10.7. The van der Waals surface area contributed by atoms with E-state index in [1.807, 2.05) is 0 Å². The number of methoxy groups -OCH3 is 1. The molecule has 0 amide bonds. The Morgan fingerprint density at radius 1 is 1.33 bits per heavy atom. The number of halogens is 4. The Morgan fingerprint density at radius 3 is 2.56 bits per heavy atom. The lowest BCUT2D eigenvalue weighted by atomic mass is 10.2. The van der Waals surface area contributed by atoms with Gasteiger partial charge in [0.15, 0.2) is 0 Å². The van der Waals surface area contributed by atoms with Crippen LogP contribution in [-0.4, -0.2) is 19.4 Å². The Hall–Kier alpha value is -1.50. The van der Waals surface area contributed by atoms with Crippen molar-refractivity contribution in [3.05, 3.63) is 34.3 Å². The molecule has 7 heteroatoms. The number of carbonyl (C=O) groups excluding carboxylic acids is 1. The van der Waals surface area contributed by atoms with Gasteiger partial charge in [0, 0.05) is 10.5 Å². The molecule has 1 aromatic carbocycles. The lowest BCUT2D eigenvalue weighted by Crippen LogP contribution is -2.17. The van der Waals surface area contributed by atoms with E-state index in [2.05, 4.69) is 25.4 Å². The van der Waals surface area contributed by atoms with Crippen LogP contribution < -0.4 is 4.74 Å². The quantitative estimate of drug-likeness (QED) is 0.630. The van der Waals surface area contributed by atoms with Crippen LogP contribution in [0.25, 0.3) is 6.08 Å². The molecule has 0 aliphatic rings. The molecule has 0 saturated heterocycles. The molecule has 0 aliphatic carbocycles. The summed E-state index contributed by atoms with van der Waals surface area (Å²) in [6, 6.07) is 3.85. The highest BCUT2D eigenvalue weighted by Gasteiger charge is 2.31. The van der Waals surface area contributed by atoms with Gasteiger partial charge in [0.25, 0.3) is 0 Å². The van der Waals surface area contributed by atoms with E-state index in [1.54, 1.807) is 0 Å². The first-order valence-corrected chi connectivity index (χ1v) is 5.42. The molecule has 0 radical (unpaired) electrons. The summed E-state index contributed by atoms with van der Waals surface area (Å²) < 4.78 is 44.7. The van der Waals surface area contributed by atoms with Gasteiger partial charge in [0.05, 0.1) is 7.11 Å². The number of rotatable bonds is 3. The predicted molar refractivity (Wildman–Crippen MR) is 61.9 cm³/mol. The van der Waals surface area contributed by atoms with Gasteiger partial charge >= 0.3 is 12.3 Å². The Kier molecular flexibility index (Phi) is 4.77. The molecule has 0 bridgehead atoms. The third-order valence-corrected chi connectivity index (χ3v) is 2.20. The van der Waals surface area contributed by atoms with Crippen molar-refractivity contribution >= 4 is 28.0 Å². The molecule has 0 aliphatic heterocycles. The average molecular weight is 325 g/mol. The van der Waals surface area contributed by atoms with E-state index in [4.69, 9.17) is 0 Å². The van der Waals surface area contributed by atoms with Crippen molar-refractivity contribution in [2.24, 2.45) is 0 Å². The molecular weight excluding hydrogens is 317 g/mol. The van der Waals surface area contributed by atoms with E-state index in [0.717, 1.165) is 12.1 Å². The van der Waals surface area contributed by atoms with Crippen LogP contribution in [0.1, 0.15) is 5.56 Å². The van der Waals surface area contributed by atoms with Crippen molar-refractivity contribution in [2.75, 3.05) is 7.11 Å². The summed E-state index contributed by atoms with van der Waals surface area (Å²) in [5.41, 5.74) is 0.369. The van der Waals surface area contributed by atoms with E-state index in [0.29, 0.717) is 10.0 Å². The number of carbonyl (C=O) groups is 1. The smallest absolute Gasteiger partial charge is 0.466 e. The molecule has 98 valence electrons. The molecule has 1 rings (SSSR count). The highest BCUT2D eigenvalue weighted by Crippen LogP contribution is 2.27. The Morgan fingerprint density at radius 2 is 2.00 bits per heavy atom. The summed E-state index contributed by atoms with van der Waals surface area (Å²) in [4.78, 5) is 10.9. The number of hydrogen-bond donors (Lipinski definition) is 0. The summed E-state index contributed by atoms with van der Waals surface area (Å²) in [6.07, 6.45) is -2.34. The Labute approximate surface area is 109 Å². The fourth-order valence-electron chi connectivity index (χ4n) is 1.11. The van der Waals surface area contributed by atoms with Gasteiger partial charge in [0.2, 0.25) is 0 Å². The molecule has 1 aromatic rings. The van der Waals surface area contributed by atoms with E-state index in [-0.39, 0.29) is 5.75 Å². The molecule has 0 spiro atoms. The minimum atomic E-state index is -4.76. The number of esters is 1. The monoisotopic (exact) mass is 324 g/mol. The normalized spacial score (nSPS) is 11.6. The van der Waals surface area contributed by atoms with Gasteiger partial charge in [-0.2, -0.15) is 0 Å². The van der Waals surface area contributed by atoms with Crippen molar-refractivity contribution in [1.29, 1.82) is 0 Å². The SMILES string of the molecule is COC(=O)C=Cc1cc(Br)cc(OC(F)(F)F)c1. The van der Waals surface area contributed by atoms with Crippen LogP contribution in [0.2, 0.25) is 0 Å². The molecule has 0 aromatic heterocycles. The van der Waals surface area contributed by atoms with E-state index < -0.39 is 12.3 Å². The molecule has 0 atom stereocenters. The summed E-state index contributed by atoms with van der Waals surface area (Å²) in [5.74, 6) is -0.977. The molecule has 0 heterocycles. The minimum absolute atomic E-state index is 0.369. The summed E-state index contributed by atoms with van der Waals surface area (Å²) in [5, 5.41) is 0. The molecule has 18 heavy (non-hydrogen) atoms. The van der Waals surface area contributed by atoms with Gasteiger partial charge in [-0.05, 0) is 29.8 Å². The first-order chi connectivity index (χ1) is 8.30. The minimum Gasteiger partial charge on any atom is -0.466 e. The van der Waals surface area contributed by atoms with Crippen LogP contribution in [-0.2, 0) is 9.53 Å². The second-order valence-electron chi connectivity index (χ2n) is 3.12. The van der Waals surface area contributed by atoms with Crippen molar-refractivity contribution < 1.29 is 27.4 Å². The lowest BCUT2D eigenvalue weighted by Gasteiger charge is -2.09. The van der Waals surface area contributed by atoms with Gasteiger partial charge in [-0.3, -0.25) is 0 Å². The van der Waals surface area contributed by atoms with Crippen LogP contribution in [0.3, 0.4) is 0 Å². The first kappa shape index (κ1) is 14.6. The highest BCUT2D eigenvalue weighted by molar-refractivity contribution is 9.10. The van der Waals surface area contributed by atoms with Crippen LogP contribution in [0, 0.1) is 0 Å². The van der Waals surface area contributed by atoms with Crippen molar-refractivity contribution in [2.45, 2.75) is 6.36 Å². The zero-order chi connectivity index (χ0) is 13.8. The van der Waals surface area contributed by atoms with Gasteiger partial charge in [0.1, 0.15) is 5.75 Å². The predicted octanol–water partition coefficient (Wildman–Crippen LogP) is 3.53. The van der Waals surface area contributed by atoms with E-state index in [1.165, 1.54) is 25.3 Å². The van der Waals surface area contributed by atoms with Gasteiger partial charge in [-0.1, -0.05) is 15.9 Å². The van der Waals surface area contributed by atoms with Gasteiger partial charge in [-0.15, -0.1) is 13.2 Å². The standard InChI is InChI=1S/C11H8BrF3O3/c1-17-10(16)3-2-7-4-8(12)6-9(5-7)18-11(13,14)15/h2-6H,1H3. The van der Waals surface area contributed by atoms with E-state index >= 15 is 0 Å². The maximum absolute atomic E-state index is 12.0. The van der Waals surface area contributed by atoms with Crippen molar-refractivity contribution in [1.82, 2.24) is 0 Å². The largest absolute Gasteiger partial charge is 0.573 e. The third kappa shape index (κ3) is 5.22. The number of hydrogen-bond acceptors (Lipinski definition) is 3. The first-order valence-electron chi connectivity index (χ1n) is 4.62. The molecule has 0 unspecified atom stereocenters. The summed E-state index contributed by atoms with van der Waals surface area (Å²) in [7, 11) is 1.20.